The van der Waals surface area contributed by atoms with E-state index in [1.807, 2.05) is 13.0 Å². The molecule has 1 saturated heterocycles. The van der Waals surface area contributed by atoms with Crippen molar-refractivity contribution in [3.05, 3.63) is 77.9 Å². The van der Waals surface area contributed by atoms with Gasteiger partial charge in [-0.2, -0.15) is 0 Å². The maximum Gasteiger partial charge on any atom is 0.261 e. The fourth-order valence-electron chi connectivity index (χ4n) is 4.24. The zero-order chi connectivity index (χ0) is 27.5. The van der Waals surface area contributed by atoms with Gasteiger partial charge in [0.2, 0.25) is 0 Å². The number of methoxy groups -OCH3 is 1. The lowest BCUT2D eigenvalue weighted by atomic mass is 9.98. The number of carbonyl (C=O) groups is 1. The van der Waals surface area contributed by atoms with E-state index in [1.54, 1.807) is 23.1 Å². The number of aryl methyl sites for hydroxylation is 1. The van der Waals surface area contributed by atoms with Crippen LogP contribution in [0.25, 0.3) is 0 Å². The third-order valence-corrected chi connectivity index (χ3v) is 9.25. The molecule has 2 N–H and O–H groups in total. The Hall–Kier alpha value is -3.57. The molecular weight excluding hydrogens is 526 g/mol. The van der Waals surface area contributed by atoms with Gasteiger partial charge in [-0.25, -0.2) is 16.8 Å². The summed E-state index contributed by atoms with van der Waals surface area (Å²) in [5.41, 5.74) is 1.68. The van der Waals surface area contributed by atoms with E-state index >= 15 is 0 Å². The Kier molecular flexibility index (Phi) is 7.98. The van der Waals surface area contributed by atoms with Crippen molar-refractivity contribution in [2.45, 2.75) is 36.5 Å². The average Bonchev–Trinajstić information content (AvgIpc) is 2.88. The number of benzene rings is 3. The van der Waals surface area contributed by atoms with Crippen LogP contribution in [-0.2, 0) is 20.0 Å². The second kappa shape index (κ2) is 11.0. The van der Waals surface area contributed by atoms with Gasteiger partial charge in [-0.3, -0.25) is 14.2 Å². The Labute approximate surface area is 223 Å². The standard InChI is InChI=1S/C27H31N3O6S2/c1-19-13-15-30(16-14-19)27(31)25-18-24(11-12-26(25)36-3)38(34,35)28-21-7-9-23(10-8-21)37(32,33)29-22-6-4-5-20(2)17-22/h4-12,17-19,28-29H,13-16H2,1-3H3. The summed E-state index contributed by atoms with van der Waals surface area (Å²) in [5, 5.41) is 0. The highest BCUT2D eigenvalue weighted by Gasteiger charge is 2.26. The summed E-state index contributed by atoms with van der Waals surface area (Å²) in [5.74, 6) is 0.557. The zero-order valence-corrected chi connectivity index (χ0v) is 23.1. The van der Waals surface area contributed by atoms with E-state index in [9.17, 15) is 21.6 Å². The van der Waals surface area contributed by atoms with Crippen molar-refractivity contribution in [1.82, 2.24) is 4.90 Å². The van der Waals surface area contributed by atoms with E-state index in [4.69, 9.17) is 4.74 Å². The van der Waals surface area contributed by atoms with E-state index < -0.39 is 20.0 Å². The zero-order valence-electron chi connectivity index (χ0n) is 21.5. The second-order valence-corrected chi connectivity index (χ2v) is 12.8. The quantitative estimate of drug-likeness (QED) is 0.421. The Morgan fingerprint density at radius 2 is 1.45 bits per heavy atom. The number of anilines is 2. The summed E-state index contributed by atoms with van der Waals surface area (Å²) in [4.78, 5) is 14.8. The maximum absolute atomic E-state index is 13.2. The fourth-order valence-corrected chi connectivity index (χ4v) is 6.38. The van der Waals surface area contributed by atoms with Crippen LogP contribution < -0.4 is 14.2 Å². The van der Waals surface area contributed by atoms with E-state index in [1.165, 1.54) is 49.6 Å². The molecule has 0 aromatic heterocycles. The minimum absolute atomic E-state index is 0.0184. The largest absolute Gasteiger partial charge is 0.496 e. The van der Waals surface area contributed by atoms with Crippen LogP contribution in [-0.4, -0.2) is 47.8 Å². The molecule has 4 rings (SSSR count). The highest BCUT2D eigenvalue weighted by Crippen LogP contribution is 2.28. The topological polar surface area (TPSA) is 122 Å². The van der Waals surface area contributed by atoms with Gasteiger partial charge in [0.1, 0.15) is 5.75 Å². The van der Waals surface area contributed by atoms with Crippen molar-refractivity contribution < 1.29 is 26.4 Å². The summed E-state index contributed by atoms with van der Waals surface area (Å²) in [7, 11) is -6.51. The van der Waals surface area contributed by atoms with Crippen LogP contribution in [0.15, 0.2) is 76.5 Å². The molecule has 9 nitrogen and oxygen atoms in total. The van der Waals surface area contributed by atoms with Crippen LogP contribution in [0.3, 0.4) is 0 Å². The van der Waals surface area contributed by atoms with Gasteiger partial charge in [-0.1, -0.05) is 19.1 Å². The second-order valence-electron chi connectivity index (χ2n) is 9.44. The van der Waals surface area contributed by atoms with Crippen molar-refractivity contribution in [2.75, 3.05) is 29.6 Å². The third-order valence-electron chi connectivity index (χ3n) is 6.47. The lowest BCUT2D eigenvalue weighted by molar-refractivity contribution is 0.0693. The van der Waals surface area contributed by atoms with Crippen LogP contribution in [0.5, 0.6) is 5.75 Å². The van der Waals surface area contributed by atoms with E-state index in [0.717, 1.165) is 18.4 Å². The Bertz CT molecular complexity index is 1530. The molecule has 1 amide bonds. The lowest BCUT2D eigenvalue weighted by Gasteiger charge is -2.30. The number of sulfonamides is 2. The lowest BCUT2D eigenvalue weighted by Crippen LogP contribution is -2.38. The Morgan fingerprint density at radius 3 is 2.08 bits per heavy atom. The van der Waals surface area contributed by atoms with Crippen molar-refractivity contribution in [3.8, 4) is 5.75 Å². The molecule has 0 spiro atoms. The van der Waals surface area contributed by atoms with Crippen molar-refractivity contribution in [2.24, 2.45) is 5.92 Å². The first-order chi connectivity index (χ1) is 18.0. The fraction of sp³-hybridized carbons (Fsp3) is 0.296. The summed E-state index contributed by atoms with van der Waals surface area (Å²) in [6.45, 7) is 5.21. The van der Waals surface area contributed by atoms with Gasteiger partial charge in [0.05, 0.1) is 22.5 Å². The first-order valence-electron chi connectivity index (χ1n) is 12.2. The Balaban J connectivity index is 1.52. The van der Waals surface area contributed by atoms with Gasteiger partial charge in [0.25, 0.3) is 26.0 Å². The number of ether oxygens (including phenoxy) is 1. The van der Waals surface area contributed by atoms with Gasteiger partial charge >= 0.3 is 0 Å². The van der Waals surface area contributed by atoms with Crippen LogP contribution in [0, 0.1) is 12.8 Å². The Morgan fingerprint density at radius 1 is 0.842 bits per heavy atom. The first-order valence-corrected chi connectivity index (χ1v) is 15.1. The van der Waals surface area contributed by atoms with E-state index in [-0.39, 0.29) is 26.9 Å². The van der Waals surface area contributed by atoms with Crippen molar-refractivity contribution in [1.29, 1.82) is 0 Å². The molecule has 3 aromatic carbocycles. The molecule has 1 aliphatic heterocycles. The average molecular weight is 558 g/mol. The molecule has 0 aliphatic carbocycles. The molecule has 0 atom stereocenters. The van der Waals surface area contributed by atoms with Crippen LogP contribution in [0.1, 0.15) is 35.7 Å². The number of amides is 1. The molecule has 11 heteroatoms. The predicted molar refractivity (Wildman–Crippen MR) is 147 cm³/mol. The third kappa shape index (κ3) is 6.28. The van der Waals surface area contributed by atoms with Gasteiger partial charge < -0.3 is 9.64 Å². The molecule has 0 unspecified atom stereocenters. The van der Waals surface area contributed by atoms with Gasteiger partial charge in [-0.15, -0.1) is 0 Å². The molecule has 1 fully saturated rings. The van der Waals surface area contributed by atoms with Gasteiger partial charge in [0, 0.05) is 24.5 Å². The number of nitrogens with one attached hydrogen (secondary N) is 2. The SMILES string of the molecule is COc1ccc(S(=O)(=O)Nc2ccc(S(=O)(=O)Nc3cccc(C)c3)cc2)cc1C(=O)N1CCC(C)CC1. The normalized spacial score (nSPS) is 14.7. The molecular formula is C27H31N3O6S2. The number of rotatable bonds is 8. The number of hydrogen-bond donors (Lipinski definition) is 2. The van der Waals surface area contributed by atoms with Crippen LogP contribution in [0.2, 0.25) is 0 Å². The first kappa shape index (κ1) is 27.5. The molecule has 0 saturated carbocycles. The summed E-state index contributed by atoms with van der Waals surface area (Å²) < 4.78 is 62.1. The molecule has 202 valence electrons. The summed E-state index contributed by atoms with van der Waals surface area (Å²) >= 11 is 0. The molecule has 3 aromatic rings. The van der Waals surface area contributed by atoms with Crippen molar-refractivity contribution >= 4 is 37.3 Å². The van der Waals surface area contributed by atoms with Crippen LogP contribution in [0.4, 0.5) is 11.4 Å². The highest BCUT2D eigenvalue weighted by atomic mass is 32.2. The molecule has 0 bridgehead atoms. The summed E-state index contributed by atoms with van der Waals surface area (Å²) in [6, 6.07) is 16.5. The smallest absolute Gasteiger partial charge is 0.261 e. The molecule has 1 aliphatic rings. The van der Waals surface area contributed by atoms with Gasteiger partial charge in [0.15, 0.2) is 0 Å². The summed E-state index contributed by atoms with van der Waals surface area (Å²) in [6.07, 6.45) is 1.78. The number of nitrogens with zero attached hydrogens (tertiary/aromatic N) is 1. The predicted octanol–water partition coefficient (Wildman–Crippen LogP) is 4.48. The minimum Gasteiger partial charge on any atom is -0.496 e. The van der Waals surface area contributed by atoms with Gasteiger partial charge in [-0.05, 0) is 85.8 Å². The van der Waals surface area contributed by atoms with Crippen LogP contribution >= 0.6 is 0 Å². The minimum atomic E-state index is -4.08. The number of carbonyl (C=O) groups excluding carboxylic acids is 1. The van der Waals surface area contributed by atoms with E-state index in [2.05, 4.69) is 16.4 Å². The molecule has 1 heterocycles. The number of likely N-dealkylation sites (tertiary alicyclic amines) is 1. The highest BCUT2D eigenvalue weighted by molar-refractivity contribution is 7.93. The molecule has 38 heavy (non-hydrogen) atoms. The molecule has 0 radical (unpaired) electrons. The maximum atomic E-state index is 13.2. The number of piperidine rings is 1. The number of hydrogen-bond acceptors (Lipinski definition) is 6. The monoisotopic (exact) mass is 557 g/mol. The van der Waals surface area contributed by atoms with Crippen molar-refractivity contribution in [3.63, 3.8) is 0 Å². The van der Waals surface area contributed by atoms with E-state index in [0.29, 0.717) is 30.4 Å².